The highest BCUT2D eigenvalue weighted by Crippen LogP contribution is 2.20. The zero-order valence-electron chi connectivity index (χ0n) is 14.7. The number of likely N-dealkylation sites (tertiary alicyclic amines) is 1. The highest BCUT2D eigenvalue weighted by atomic mass is 127. The van der Waals surface area contributed by atoms with Crippen LogP contribution in [0.1, 0.15) is 33.6 Å². The van der Waals surface area contributed by atoms with Crippen LogP contribution in [0, 0.1) is 11.8 Å². The molecule has 5 nitrogen and oxygen atoms in total. The van der Waals surface area contributed by atoms with Gasteiger partial charge in [0.2, 0.25) is 0 Å². The third-order valence-corrected chi connectivity index (χ3v) is 3.79. The van der Waals surface area contributed by atoms with E-state index in [9.17, 15) is 0 Å². The first-order valence-electron chi connectivity index (χ1n) is 8.39. The zero-order valence-corrected chi connectivity index (χ0v) is 17.1. The Hall–Kier alpha value is -0.0800. The number of aliphatic imine (C=N–C) groups is 1. The lowest BCUT2D eigenvalue weighted by atomic mass is 9.92. The van der Waals surface area contributed by atoms with E-state index in [0.29, 0.717) is 6.61 Å². The summed E-state index contributed by atoms with van der Waals surface area (Å²) in [6.07, 6.45) is 2.50. The first-order chi connectivity index (χ1) is 10.2. The number of guanidine groups is 1. The van der Waals surface area contributed by atoms with Gasteiger partial charge in [0.05, 0.1) is 6.61 Å². The standard InChI is InChI=1S/C16H34N4O.HI/c1-5-17-16(19-8-10-21-4)18-7-6-9-20-12-14(2)11-15(3)13-20;/h14-15H,5-13H2,1-4H3,(H2,17,18,19);1H. The molecule has 1 saturated heterocycles. The van der Waals surface area contributed by atoms with Gasteiger partial charge in [0.1, 0.15) is 0 Å². The molecule has 1 aliphatic heterocycles. The van der Waals surface area contributed by atoms with E-state index in [0.717, 1.165) is 50.4 Å². The molecular formula is C16H35IN4O. The molecule has 2 N–H and O–H groups in total. The van der Waals surface area contributed by atoms with Gasteiger partial charge in [-0.15, -0.1) is 24.0 Å². The van der Waals surface area contributed by atoms with E-state index in [1.54, 1.807) is 7.11 Å². The van der Waals surface area contributed by atoms with Crippen LogP contribution in [0.5, 0.6) is 0 Å². The van der Waals surface area contributed by atoms with E-state index in [1.165, 1.54) is 19.5 Å². The van der Waals surface area contributed by atoms with Crippen molar-refractivity contribution in [3.63, 3.8) is 0 Å². The number of methoxy groups -OCH3 is 1. The van der Waals surface area contributed by atoms with Crippen LogP contribution >= 0.6 is 24.0 Å². The number of hydrogen-bond donors (Lipinski definition) is 2. The van der Waals surface area contributed by atoms with E-state index in [-0.39, 0.29) is 24.0 Å². The first kappa shape index (κ1) is 21.9. The molecule has 0 aromatic rings. The number of hydrogen-bond acceptors (Lipinski definition) is 3. The lowest BCUT2D eigenvalue weighted by Crippen LogP contribution is -2.40. The lowest BCUT2D eigenvalue weighted by molar-refractivity contribution is 0.140. The summed E-state index contributed by atoms with van der Waals surface area (Å²) in [5, 5.41) is 6.54. The van der Waals surface area contributed by atoms with Gasteiger partial charge in [-0.1, -0.05) is 13.8 Å². The fourth-order valence-corrected chi connectivity index (χ4v) is 3.07. The van der Waals surface area contributed by atoms with Gasteiger partial charge < -0.3 is 20.3 Å². The molecule has 0 aromatic carbocycles. The molecule has 0 spiro atoms. The molecule has 132 valence electrons. The van der Waals surface area contributed by atoms with Gasteiger partial charge in [0.25, 0.3) is 0 Å². The van der Waals surface area contributed by atoms with Crippen LogP contribution in [0.15, 0.2) is 4.99 Å². The van der Waals surface area contributed by atoms with E-state index < -0.39 is 0 Å². The molecule has 0 aromatic heterocycles. The predicted octanol–water partition coefficient (Wildman–Crippen LogP) is 2.17. The molecule has 2 unspecified atom stereocenters. The zero-order chi connectivity index (χ0) is 15.5. The largest absolute Gasteiger partial charge is 0.383 e. The Bertz CT molecular complexity index is 292. The molecule has 0 bridgehead atoms. The number of nitrogens with zero attached hydrogens (tertiary/aromatic N) is 2. The van der Waals surface area contributed by atoms with Crippen LogP contribution in [0.3, 0.4) is 0 Å². The minimum Gasteiger partial charge on any atom is -0.383 e. The molecule has 1 aliphatic rings. The maximum Gasteiger partial charge on any atom is 0.191 e. The van der Waals surface area contributed by atoms with Gasteiger partial charge in [-0.3, -0.25) is 4.99 Å². The number of ether oxygens (including phenoxy) is 1. The number of rotatable bonds is 8. The monoisotopic (exact) mass is 426 g/mol. The first-order valence-corrected chi connectivity index (χ1v) is 8.39. The summed E-state index contributed by atoms with van der Waals surface area (Å²) in [5.41, 5.74) is 0. The van der Waals surface area contributed by atoms with Crippen molar-refractivity contribution < 1.29 is 4.74 Å². The fourth-order valence-electron chi connectivity index (χ4n) is 3.07. The van der Waals surface area contributed by atoms with Crippen molar-refractivity contribution >= 4 is 29.9 Å². The second kappa shape index (κ2) is 13.4. The van der Waals surface area contributed by atoms with Crippen molar-refractivity contribution in [2.24, 2.45) is 16.8 Å². The number of halogens is 1. The van der Waals surface area contributed by atoms with Crippen LogP contribution < -0.4 is 10.6 Å². The van der Waals surface area contributed by atoms with Crippen molar-refractivity contribution in [3.05, 3.63) is 0 Å². The van der Waals surface area contributed by atoms with Gasteiger partial charge >= 0.3 is 0 Å². The Kier molecular flexibility index (Phi) is 13.3. The van der Waals surface area contributed by atoms with Crippen molar-refractivity contribution in [1.29, 1.82) is 0 Å². The normalized spacial score (nSPS) is 23.0. The molecule has 0 saturated carbocycles. The minimum atomic E-state index is 0. The van der Waals surface area contributed by atoms with E-state index >= 15 is 0 Å². The van der Waals surface area contributed by atoms with Gasteiger partial charge in [-0.25, -0.2) is 0 Å². The van der Waals surface area contributed by atoms with Crippen LogP contribution in [-0.4, -0.2) is 63.8 Å². The van der Waals surface area contributed by atoms with Crippen LogP contribution in [-0.2, 0) is 4.74 Å². The highest BCUT2D eigenvalue weighted by molar-refractivity contribution is 14.0. The summed E-state index contributed by atoms with van der Waals surface area (Å²) in [6, 6.07) is 0. The third kappa shape index (κ3) is 9.84. The summed E-state index contributed by atoms with van der Waals surface area (Å²) >= 11 is 0. The molecule has 2 atom stereocenters. The molecule has 1 rings (SSSR count). The van der Waals surface area contributed by atoms with Crippen LogP contribution in [0.2, 0.25) is 0 Å². The average molecular weight is 426 g/mol. The number of piperidine rings is 1. The topological polar surface area (TPSA) is 48.9 Å². The quantitative estimate of drug-likeness (QED) is 0.270. The third-order valence-electron chi connectivity index (χ3n) is 3.79. The minimum absolute atomic E-state index is 0. The Morgan fingerprint density at radius 1 is 1.23 bits per heavy atom. The molecular weight excluding hydrogens is 391 g/mol. The van der Waals surface area contributed by atoms with Crippen LogP contribution in [0.25, 0.3) is 0 Å². The van der Waals surface area contributed by atoms with Gasteiger partial charge in [-0.05, 0) is 38.1 Å². The second-order valence-corrected chi connectivity index (χ2v) is 6.24. The van der Waals surface area contributed by atoms with Crippen molar-refractivity contribution in [2.45, 2.75) is 33.6 Å². The van der Waals surface area contributed by atoms with E-state index in [4.69, 9.17) is 4.74 Å². The van der Waals surface area contributed by atoms with Crippen molar-refractivity contribution in [3.8, 4) is 0 Å². The molecule has 0 amide bonds. The Balaban J connectivity index is 0.00000441. The molecule has 6 heteroatoms. The summed E-state index contributed by atoms with van der Waals surface area (Å²) in [7, 11) is 1.71. The molecule has 0 aliphatic carbocycles. The van der Waals surface area contributed by atoms with E-state index in [2.05, 4.69) is 41.3 Å². The molecule has 22 heavy (non-hydrogen) atoms. The maximum absolute atomic E-state index is 5.04. The van der Waals surface area contributed by atoms with E-state index in [1.807, 2.05) is 0 Å². The fraction of sp³-hybridized carbons (Fsp3) is 0.938. The van der Waals surface area contributed by atoms with Gasteiger partial charge in [-0.2, -0.15) is 0 Å². The van der Waals surface area contributed by atoms with Gasteiger partial charge in [0.15, 0.2) is 5.96 Å². The predicted molar refractivity (Wildman–Crippen MR) is 105 cm³/mol. The average Bonchev–Trinajstić information content (AvgIpc) is 2.42. The number of nitrogens with one attached hydrogen (secondary N) is 2. The summed E-state index contributed by atoms with van der Waals surface area (Å²) < 4.78 is 5.04. The van der Waals surface area contributed by atoms with Crippen molar-refractivity contribution in [2.75, 3.05) is 53.0 Å². The second-order valence-electron chi connectivity index (χ2n) is 6.24. The van der Waals surface area contributed by atoms with Crippen molar-refractivity contribution in [1.82, 2.24) is 15.5 Å². The van der Waals surface area contributed by atoms with Crippen LogP contribution in [0.4, 0.5) is 0 Å². The Morgan fingerprint density at radius 2 is 1.91 bits per heavy atom. The lowest BCUT2D eigenvalue weighted by Gasteiger charge is -2.34. The molecule has 1 fully saturated rings. The SMILES string of the molecule is CCNC(=NCCCN1CC(C)CC(C)C1)NCCOC.I. The van der Waals surface area contributed by atoms with Gasteiger partial charge in [0, 0.05) is 39.8 Å². The Labute approximate surface area is 153 Å². The summed E-state index contributed by atoms with van der Waals surface area (Å²) in [4.78, 5) is 7.22. The summed E-state index contributed by atoms with van der Waals surface area (Å²) in [5.74, 6) is 2.57. The highest BCUT2D eigenvalue weighted by Gasteiger charge is 2.20. The molecule has 0 radical (unpaired) electrons. The maximum atomic E-state index is 5.04. The Morgan fingerprint density at radius 3 is 2.50 bits per heavy atom. The molecule has 1 heterocycles. The summed E-state index contributed by atoms with van der Waals surface area (Å²) in [6.45, 7) is 13.7. The smallest absolute Gasteiger partial charge is 0.191 e.